The van der Waals surface area contributed by atoms with Crippen LogP contribution in [0.1, 0.15) is 81.8 Å². The number of fused-ring (bicyclic) bond motifs is 1. The summed E-state index contributed by atoms with van der Waals surface area (Å²) in [6.45, 7) is 6.87. The molecule has 1 aromatic carbocycles. The Hall–Kier alpha value is -2.32. The lowest BCUT2D eigenvalue weighted by molar-refractivity contribution is -0.143. The summed E-state index contributed by atoms with van der Waals surface area (Å²) in [6, 6.07) is 10.5. The summed E-state index contributed by atoms with van der Waals surface area (Å²) >= 11 is 1.96. The largest absolute Gasteiger partial charge is 0.466 e. The first kappa shape index (κ1) is 23.3. The van der Waals surface area contributed by atoms with Crippen LogP contribution < -0.4 is 0 Å². The van der Waals surface area contributed by atoms with Crippen molar-refractivity contribution < 1.29 is 9.53 Å². The summed E-state index contributed by atoms with van der Waals surface area (Å²) in [5, 5.41) is 8.56. The molecule has 164 valence electrons. The lowest BCUT2D eigenvalue weighted by atomic mass is 9.73. The van der Waals surface area contributed by atoms with Gasteiger partial charge in [-0.15, -0.1) is 16.9 Å². The zero-order valence-corrected chi connectivity index (χ0v) is 19.7. The number of benzene rings is 1. The van der Waals surface area contributed by atoms with Crippen molar-refractivity contribution in [3.63, 3.8) is 0 Å². The molecule has 0 bridgehead atoms. The number of hydrogen-bond acceptors (Lipinski definition) is 5. The van der Waals surface area contributed by atoms with Crippen molar-refractivity contribution in [3.05, 3.63) is 52.8 Å². The van der Waals surface area contributed by atoms with Crippen LogP contribution in [-0.4, -0.2) is 28.5 Å². The van der Waals surface area contributed by atoms with Crippen LogP contribution in [0.15, 0.2) is 35.2 Å². The lowest BCUT2D eigenvalue weighted by Crippen LogP contribution is -2.28. The Morgan fingerprint density at radius 2 is 1.94 bits per heavy atom. The molecule has 3 rings (SSSR count). The van der Waals surface area contributed by atoms with Crippen molar-refractivity contribution in [2.45, 2.75) is 76.0 Å². The normalized spacial score (nSPS) is 14.3. The molecule has 0 radical (unpaired) electrons. The van der Waals surface area contributed by atoms with Crippen molar-refractivity contribution in [1.82, 2.24) is 10.2 Å². The van der Waals surface area contributed by atoms with E-state index in [4.69, 9.17) is 4.74 Å². The summed E-state index contributed by atoms with van der Waals surface area (Å²) in [5.41, 5.74) is 4.39. The van der Waals surface area contributed by atoms with Gasteiger partial charge in [-0.05, 0) is 98.4 Å². The number of esters is 1. The van der Waals surface area contributed by atoms with E-state index in [1.165, 1.54) is 35.5 Å². The van der Waals surface area contributed by atoms with Gasteiger partial charge in [0.25, 0.3) is 0 Å². The molecule has 0 N–H and O–H groups in total. The molecule has 1 aliphatic rings. The highest BCUT2D eigenvalue weighted by Crippen LogP contribution is 2.46. The molecule has 1 aromatic heterocycles. The van der Waals surface area contributed by atoms with Gasteiger partial charge in [0.15, 0.2) is 0 Å². The van der Waals surface area contributed by atoms with E-state index in [2.05, 4.69) is 54.1 Å². The molecule has 0 saturated carbocycles. The number of aromatic nitrogens is 2. The summed E-state index contributed by atoms with van der Waals surface area (Å²) in [4.78, 5) is 12.8. The second-order valence-electron chi connectivity index (χ2n) is 7.97. The Morgan fingerprint density at radius 1 is 1.10 bits per heavy atom. The molecule has 5 heteroatoms. The van der Waals surface area contributed by atoms with Gasteiger partial charge in [-0.1, -0.05) is 19.8 Å². The molecule has 0 unspecified atom stereocenters. The van der Waals surface area contributed by atoms with Gasteiger partial charge in [0, 0.05) is 16.9 Å². The van der Waals surface area contributed by atoms with Crippen molar-refractivity contribution in [2.75, 3.05) is 12.4 Å². The maximum atomic E-state index is 11.4. The maximum absolute atomic E-state index is 11.4. The molecule has 2 aromatic rings. The van der Waals surface area contributed by atoms with E-state index in [1.54, 1.807) is 0 Å². The minimum atomic E-state index is -0.130. The highest BCUT2D eigenvalue weighted by molar-refractivity contribution is 7.99. The first-order chi connectivity index (χ1) is 15.1. The fourth-order valence-electron chi connectivity index (χ4n) is 4.13. The fraction of sp³-hybridized carbons (Fsp3) is 0.500. The molecule has 1 aliphatic heterocycles. The summed E-state index contributed by atoms with van der Waals surface area (Å²) in [6.07, 6.45) is 6.53. The third-order valence-corrected chi connectivity index (χ3v) is 7.24. The number of ether oxygens (including phenoxy) is 1. The number of carbonyl (C=O) groups excluding carboxylic acids is 1. The Bertz CT molecular complexity index is 940. The third kappa shape index (κ3) is 6.11. The molecule has 0 saturated heterocycles. The molecule has 0 amide bonds. The maximum Gasteiger partial charge on any atom is 0.305 e. The van der Waals surface area contributed by atoms with Crippen LogP contribution in [0.3, 0.4) is 0 Å². The Labute approximate surface area is 190 Å². The predicted octanol–water partition coefficient (Wildman–Crippen LogP) is 5.71. The number of unbranched alkanes of at least 4 members (excludes halogenated alkanes) is 1. The van der Waals surface area contributed by atoms with Crippen LogP contribution in [0.4, 0.5) is 0 Å². The molecule has 0 spiro atoms. The number of carbonyl (C=O) groups is 1. The monoisotopic (exact) mass is 436 g/mol. The zero-order chi connectivity index (χ0) is 22.1. The molecule has 2 heterocycles. The van der Waals surface area contributed by atoms with Gasteiger partial charge >= 0.3 is 5.97 Å². The molecular formula is C26H32N2O2S. The van der Waals surface area contributed by atoms with E-state index in [9.17, 15) is 4.79 Å². The molecule has 31 heavy (non-hydrogen) atoms. The highest BCUT2D eigenvalue weighted by atomic mass is 32.2. The number of thioether (sulfide) groups is 1. The van der Waals surface area contributed by atoms with E-state index < -0.39 is 0 Å². The quantitative estimate of drug-likeness (QED) is 0.302. The van der Waals surface area contributed by atoms with E-state index in [-0.39, 0.29) is 11.4 Å². The number of aryl methyl sites for hydroxylation is 1. The van der Waals surface area contributed by atoms with Crippen LogP contribution in [0.25, 0.3) is 0 Å². The van der Waals surface area contributed by atoms with Crippen molar-refractivity contribution in [2.24, 2.45) is 0 Å². The average molecular weight is 437 g/mol. The molecular weight excluding hydrogens is 404 g/mol. The van der Waals surface area contributed by atoms with Crippen LogP contribution in [0, 0.1) is 11.8 Å². The minimum Gasteiger partial charge on any atom is -0.466 e. The van der Waals surface area contributed by atoms with Crippen LogP contribution in [0.2, 0.25) is 0 Å². The zero-order valence-electron chi connectivity index (χ0n) is 18.9. The molecule has 0 atom stereocenters. The van der Waals surface area contributed by atoms with Gasteiger partial charge in [-0.3, -0.25) is 4.79 Å². The Balaban J connectivity index is 1.62. The number of rotatable bonds is 8. The average Bonchev–Trinajstić information content (AvgIpc) is 2.81. The predicted molar refractivity (Wildman–Crippen MR) is 126 cm³/mol. The topological polar surface area (TPSA) is 52.1 Å². The smallest absolute Gasteiger partial charge is 0.305 e. The Kier molecular flexibility index (Phi) is 8.54. The van der Waals surface area contributed by atoms with E-state index >= 15 is 0 Å². The van der Waals surface area contributed by atoms with Crippen LogP contribution in [0.5, 0.6) is 0 Å². The lowest BCUT2D eigenvalue weighted by Gasteiger charge is -2.37. The van der Waals surface area contributed by atoms with Gasteiger partial charge < -0.3 is 4.74 Å². The van der Waals surface area contributed by atoms with Crippen LogP contribution in [-0.2, 0) is 21.4 Å². The standard InChI is InChI=1S/C26H32N2O2S/c1-4-26(5-2)17-18-31-24-16-12-20(19-23(24)26)11-13-22-15-14-21(27-28-22)9-7-8-10-25(29)30-6-3/h12,14-16,19H,4-10,17-18H2,1-3H3. The van der Waals surface area contributed by atoms with Gasteiger partial charge in [-0.2, -0.15) is 5.10 Å². The van der Waals surface area contributed by atoms with Crippen molar-refractivity contribution >= 4 is 17.7 Å². The molecule has 4 nitrogen and oxygen atoms in total. The van der Waals surface area contributed by atoms with Gasteiger partial charge in [0.2, 0.25) is 0 Å². The minimum absolute atomic E-state index is 0.130. The second-order valence-corrected chi connectivity index (χ2v) is 9.11. The fourth-order valence-corrected chi connectivity index (χ4v) is 5.44. The summed E-state index contributed by atoms with van der Waals surface area (Å²) < 4.78 is 4.94. The van der Waals surface area contributed by atoms with E-state index in [0.29, 0.717) is 18.7 Å². The SMILES string of the molecule is CCOC(=O)CCCCc1ccc(C#Cc2ccc3c(c2)C(CC)(CC)CCS3)nn1. The third-order valence-electron chi connectivity index (χ3n) is 6.17. The van der Waals surface area contributed by atoms with E-state index in [1.807, 2.05) is 30.8 Å². The van der Waals surface area contributed by atoms with Crippen LogP contribution >= 0.6 is 11.8 Å². The first-order valence-corrected chi connectivity index (χ1v) is 12.4. The number of hydrogen-bond donors (Lipinski definition) is 0. The van der Waals surface area contributed by atoms with E-state index in [0.717, 1.165) is 30.5 Å². The van der Waals surface area contributed by atoms with Gasteiger partial charge in [0.1, 0.15) is 5.69 Å². The summed E-state index contributed by atoms with van der Waals surface area (Å²) in [5.74, 6) is 7.51. The first-order valence-electron chi connectivity index (χ1n) is 11.4. The second kappa shape index (κ2) is 11.3. The molecule has 0 aliphatic carbocycles. The van der Waals surface area contributed by atoms with Gasteiger partial charge in [0.05, 0.1) is 12.3 Å². The highest BCUT2D eigenvalue weighted by Gasteiger charge is 2.33. The summed E-state index contributed by atoms with van der Waals surface area (Å²) in [7, 11) is 0. The van der Waals surface area contributed by atoms with Crippen molar-refractivity contribution in [3.8, 4) is 11.8 Å². The molecule has 0 fully saturated rings. The van der Waals surface area contributed by atoms with Gasteiger partial charge in [-0.25, -0.2) is 0 Å². The Morgan fingerprint density at radius 3 is 2.65 bits per heavy atom. The van der Waals surface area contributed by atoms with Crippen molar-refractivity contribution in [1.29, 1.82) is 0 Å². The number of nitrogens with zero attached hydrogens (tertiary/aromatic N) is 2.